The molecule has 0 bridgehead atoms. The van der Waals surface area contributed by atoms with Crippen molar-refractivity contribution in [3.05, 3.63) is 63.7 Å². The van der Waals surface area contributed by atoms with Crippen LogP contribution in [-0.4, -0.2) is 36.3 Å². The Bertz CT molecular complexity index is 1510. The second-order valence-electron chi connectivity index (χ2n) is 8.92. The normalized spacial score (nSPS) is 12.0. The number of oxazole rings is 1. The van der Waals surface area contributed by atoms with Crippen LogP contribution in [0.25, 0.3) is 22.0 Å². The molecule has 2 N–H and O–H groups in total. The third-order valence-corrected chi connectivity index (χ3v) is 7.09. The molecule has 0 saturated heterocycles. The first-order valence-electron chi connectivity index (χ1n) is 10.6. The molecule has 11 heteroatoms. The molecule has 1 aromatic carbocycles. The number of hydrogen-bond acceptors (Lipinski definition) is 5. The predicted octanol–water partition coefficient (Wildman–Crippen LogP) is 4.70. The first-order chi connectivity index (χ1) is 16.5. The third kappa shape index (κ3) is 5.11. The molecule has 0 aliphatic carbocycles. The maximum atomic E-state index is 14.7. The van der Waals surface area contributed by atoms with Crippen LogP contribution < -0.4 is 20.7 Å². The third-order valence-electron chi connectivity index (χ3n) is 5.30. The Morgan fingerprint density at radius 3 is 2.51 bits per heavy atom. The quantitative estimate of drug-likeness (QED) is 0.354. The van der Waals surface area contributed by atoms with Crippen LogP contribution in [-0.2, 0) is 12.5 Å². The number of rotatable bonds is 4. The molecule has 0 atom stereocenters. The van der Waals surface area contributed by atoms with Crippen LogP contribution in [0, 0.1) is 5.82 Å². The molecule has 181 valence electrons. The Kier molecular flexibility index (Phi) is 6.75. The van der Waals surface area contributed by atoms with Gasteiger partial charge in [0.25, 0.3) is 0 Å². The summed E-state index contributed by atoms with van der Waals surface area (Å²) in [4.78, 5) is 34.2. The summed E-state index contributed by atoms with van der Waals surface area (Å²) >= 11 is 6.23. The molecule has 0 saturated carbocycles. The molecule has 0 aliphatic heterocycles. The van der Waals surface area contributed by atoms with Crippen molar-refractivity contribution >= 4 is 60.3 Å². The van der Waals surface area contributed by atoms with Gasteiger partial charge in [-0.1, -0.05) is 20.8 Å². The van der Waals surface area contributed by atoms with Gasteiger partial charge in [-0.2, -0.15) is 0 Å². The van der Waals surface area contributed by atoms with E-state index in [1.54, 1.807) is 19.3 Å². The van der Waals surface area contributed by atoms with Crippen molar-refractivity contribution in [3.8, 4) is 11.1 Å². The van der Waals surface area contributed by atoms with Crippen LogP contribution in [0.1, 0.15) is 26.7 Å². The van der Waals surface area contributed by atoms with E-state index in [-0.39, 0.29) is 54.4 Å². The van der Waals surface area contributed by atoms with Gasteiger partial charge in [-0.05, 0) is 0 Å². The van der Waals surface area contributed by atoms with Crippen molar-refractivity contribution in [2.24, 2.45) is 7.05 Å². The topological polar surface area (TPSA) is 102 Å². The van der Waals surface area contributed by atoms with Crippen molar-refractivity contribution in [1.82, 2.24) is 14.5 Å². The summed E-state index contributed by atoms with van der Waals surface area (Å²) in [6, 6.07) is 5.23. The number of carbonyl (C=O) groups is 1. The zero-order valence-electron chi connectivity index (χ0n) is 19.7. The van der Waals surface area contributed by atoms with Crippen LogP contribution in [0.2, 0.25) is 10.7 Å². The Balaban J connectivity index is 1.67. The summed E-state index contributed by atoms with van der Waals surface area (Å²) in [7, 11) is 1.66. The second-order valence-corrected chi connectivity index (χ2v) is 11.2. The van der Waals surface area contributed by atoms with Gasteiger partial charge in [0.05, 0.1) is 6.20 Å². The van der Waals surface area contributed by atoms with Crippen LogP contribution in [0.5, 0.6) is 0 Å². The minimum absolute atomic E-state index is 0.0399. The number of hydrogen-bond donors (Lipinski definition) is 2. The fourth-order valence-electron chi connectivity index (χ4n) is 3.46. The number of anilines is 2. The number of pyridine rings is 2. The number of halogens is 2. The molecule has 35 heavy (non-hydrogen) atoms. The molecule has 8 nitrogen and oxygen atoms in total. The number of nitrogens with zero attached hydrogens (tertiary/aromatic N) is 3. The molecule has 0 aliphatic rings. The van der Waals surface area contributed by atoms with Crippen molar-refractivity contribution in [3.63, 3.8) is 0 Å². The summed E-state index contributed by atoms with van der Waals surface area (Å²) in [5, 5.41) is 5.71. The van der Waals surface area contributed by atoms with Gasteiger partial charge in [-0.3, -0.25) is 0 Å². The first-order valence-corrected chi connectivity index (χ1v) is 13.8. The van der Waals surface area contributed by atoms with E-state index in [1.165, 1.54) is 16.8 Å². The summed E-state index contributed by atoms with van der Waals surface area (Å²) in [6.07, 6.45) is 3.09. The van der Waals surface area contributed by atoms with Crippen LogP contribution in [0.3, 0.4) is 0 Å². The zero-order valence-corrected chi connectivity index (χ0v) is 22.4. The molecular formula is C24H23AsClFN5O3. The van der Waals surface area contributed by atoms with Gasteiger partial charge in [-0.25, -0.2) is 4.98 Å². The number of aromatic nitrogens is 3. The summed E-state index contributed by atoms with van der Waals surface area (Å²) in [6.45, 7) is 5.76. The predicted molar refractivity (Wildman–Crippen MR) is 136 cm³/mol. The van der Waals surface area contributed by atoms with Crippen LogP contribution in [0.15, 0.2) is 45.9 Å². The van der Waals surface area contributed by atoms with E-state index in [1.807, 2.05) is 26.8 Å². The van der Waals surface area contributed by atoms with Crippen molar-refractivity contribution in [2.45, 2.75) is 31.9 Å². The van der Waals surface area contributed by atoms with Gasteiger partial charge in [0.2, 0.25) is 11.8 Å². The molecule has 3 aromatic heterocycles. The van der Waals surface area contributed by atoms with Gasteiger partial charge in [0.1, 0.15) is 0 Å². The van der Waals surface area contributed by atoms with E-state index in [0.29, 0.717) is 5.89 Å². The van der Waals surface area contributed by atoms with Gasteiger partial charge in [0, 0.05) is 5.41 Å². The monoisotopic (exact) mass is 558 g/mol. The molecule has 0 fully saturated rings. The van der Waals surface area contributed by atoms with E-state index < -0.39 is 11.8 Å². The molecular weight excluding hydrogens is 536 g/mol. The number of benzene rings is 1. The number of amides is 2. The van der Waals surface area contributed by atoms with E-state index in [9.17, 15) is 14.0 Å². The molecule has 4 aromatic rings. The molecule has 3 heterocycles. The van der Waals surface area contributed by atoms with Gasteiger partial charge < -0.3 is 4.42 Å². The maximum absolute atomic E-state index is 14.7. The second kappa shape index (κ2) is 9.47. The Morgan fingerprint density at radius 1 is 1.11 bits per heavy atom. The average molecular weight is 559 g/mol. The SMILES string of the molecule is C[As]c1cc2c(cn1)cc(-c1cc(NC(=O)Nc3cnc(C(C)(C)C)o3)c(F)cc1Cl)c(=O)n2C. The minimum atomic E-state index is -0.753. The molecule has 4 rings (SSSR count). The average Bonchev–Trinajstić information content (AvgIpc) is 3.27. The van der Waals surface area contributed by atoms with E-state index in [4.69, 9.17) is 16.0 Å². The fraction of sp³-hybridized carbons (Fsp3) is 0.250. The fourth-order valence-corrected chi connectivity index (χ4v) is 4.61. The summed E-state index contributed by atoms with van der Waals surface area (Å²) in [5.74, 6) is -0.189. The van der Waals surface area contributed by atoms with Crippen LogP contribution >= 0.6 is 11.6 Å². The summed E-state index contributed by atoms with van der Waals surface area (Å²) < 4.78 is 22.7. The van der Waals surface area contributed by atoms with E-state index in [2.05, 4.69) is 26.3 Å². The van der Waals surface area contributed by atoms with Gasteiger partial charge in [0.15, 0.2) is 0 Å². The van der Waals surface area contributed by atoms with Gasteiger partial charge in [-0.15, -0.1) is 0 Å². The van der Waals surface area contributed by atoms with Crippen LogP contribution in [0.4, 0.5) is 20.8 Å². The number of fused-ring (bicyclic) bond motifs is 1. The number of carbonyl (C=O) groups excluding carboxylic acids is 1. The Hall–Kier alpha value is -3.16. The van der Waals surface area contributed by atoms with Crippen molar-refractivity contribution in [2.75, 3.05) is 10.6 Å². The number of nitrogens with one attached hydrogen (secondary N) is 2. The molecule has 1 radical (unpaired) electrons. The van der Waals surface area contributed by atoms with Gasteiger partial charge >= 0.3 is 159 Å². The van der Waals surface area contributed by atoms with Crippen molar-refractivity contribution in [1.29, 1.82) is 0 Å². The number of urea groups is 1. The summed E-state index contributed by atoms with van der Waals surface area (Å²) in [5.41, 5.74) is 2.58. The standard InChI is InChI=1S/C24H23AsClFN5O3/c1-24(2,3)22-29-11-20(35-22)31-23(34)30-17-7-13(15(26)8-16(17)27)14-6-12-10-28-19(25-4)9-18(12)32(5)21(14)33/h6-11H,1-5H3,(H2,30,31,34). The first kappa shape index (κ1) is 24.9. The Morgan fingerprint density at radius 2 is 1.86 bits per heavy atom. The molecule has 0 unspecified atom stereocenters. The van der Waals surface area contributed by atoms with Crippen molar-refractivity contribution < 1.29 is 13.6 Å². The molecule has 0 spiro atoms. The zero-order chi connectivity index (χ0) is 25.5. The number of aryl methyl sites for hydroxylation is 1. The van der Waals surface area contributed by atoms with E-state index >= 15 is 0 Å². The Labute approximate surface area is 212 Å². The van der Waals surface area contributed by atoms with E-state index in [0.717, 1.165) is 21.5 Å². The molecule has 2 amide bonds.